The molecular formula is C19H14FN3O3S2. The molecule has 28 heavy (non-hydrogen) atoms. The van der Waals surface area contributed by atoms with Crippen molar-refractivity contribution in [3.8, 4) is 11.5 Å². The molecule has 1 aliphatic heterocycles. The Morgan fingerprint density at radius 1 is 1.21 bits per heavy atom. The first kappa shape index (κ1) is 18.5. The summed E-state index contributed by atoms with van der Waals surface area (Å²) >= 11 is 2.70. The van der Waals surface area contributed by atoms with E-state index in [1.54, 1.807) is 24.3 Å². The molecule has 1 amide bonds. The number of hydrogen-bond donors (Lipinski definition) is 1. The summed E-state index contributed by atoms with van der Waals surface area (Å²) in [7, 11) is 0. The topological polar surface area (TPSA) is 73.3 Å². The van der Waals surface area contributed by atoms with Crippen LogP contribution in [-0.2, 0) is 10.5 Å². The van der Waals surface area contributed by atoms with Crippen LogP contribution in [0.25, 0.3) is 6.08 Å². The van der Waals surface area contributed by atoms with Gasteiger partial charge in [0.1, 0.15) is 5.82 Å². The van der Waals surface area contributed by atoms with E-state index >= 15 is 0 Å². The SMILES string of the molecule is O=C(/C=C\c1ccc2c(c1)OCO2)Nc1nnc(SCc2cccc(F)c2)s1. The van der Waals surface area contributed by atoms with Crippen LogP contribution in [0.15, 0.2) is 52.9 Å². The summed E-state index contributed by atoms with van der Waals surface area (Å²) in [6.07, 6.45) is 3.09. The molecule has 6 nitrogen and oxygen atoms in total. The highest BCUT2D eigenvalue weighted by molar-refractivity contribution is 8.00. The standard InChI is InChI=1S/C19H14FN3O3S2/c20-14-3-1-2-13(8-14)10-27-19-23-22-18(28-19)21-17(24)7-5-12-4-6-15-16(9-12)26-11-25-15/h1-9H,10-11H2,(H,21,22,24)/b7-5-. The molecule has 0 bridgehead atoms. The maximum Gasteiger partial charge on any atom is 0.250 e. The lowest BCUT2D eigenvalue weighted by atomic mass is 10.2. The summed E-state index contributed by atoms with van der Waals surface area (Å²) < 4.78 is 24.5. The van der Waals surface area contributed by atoms with Crippen molar-refractivity contribution < 1.29 is 18.7 Å². The summed E-state index contributed by atoms with van der Waals surface area (Å²) in [5, 5.41) is 11.1. The number of nitrogens with zero attached hydrogens (tertiary/aromatic N) is 2. The number of benzene rings is 2. The van der Waals surface area contributed by atoms with Crippen LogP contribution in [0.3, 0.4) is 0 Å². The number of hydrogen-bond acceptors (Lipinski definition) is 7. The maximum atomic E-state index is 13.2. The molecule has 9 heteroatoms. The third-order valence-electron chi connectivity index (χ3n) is 3.71. The summed E-state index contributed by atoms with van der Waals surface area (Å²) in [6.45, 7) is 0.208. The zero-order valence-corrected chi connectivity index (χ0v) is 16.1. The van der Waals surface area contributed by atoms with Crippen LogP contribution in [0.4, 0.5) is 9.52 Å². The number of carbonyl (C=O) groups is 1. The van der Waals surface area contributed by atoms with Crippen LogP contribution in [0.5, 0.6) is 11.5 Å². The Kier molecular flexibility index (Phi) is 5.54. The van der Waals surface area contributed by atoms with Crippen LogP contribution in [-0.4, -0.2) is 22.9 Å². The van der Waals surface area contributed by atoms with E-state index in [4.69, 9.17) is 9.47 Å². The number of amides is 1. The van der Waals surface area contributed by atoms with E-state index in [0.29, 0.717) is 26.7 Å². The minimum Gasteiger partial charge on any atom is -0.454 e. The minimum atomic E-state index is -0.310. The monoisotopic (exact) mass is 415 g/mol. The lowest BCUT2D eigenvalue weighted by Crippen LogP contribution is -2.07. The fourth-order valence-electron chi connectivity index (χ4n) is 2.43. The van der Waals surface area contributed by atoms with Crippen LogP contribution in [0.2, 0.25) is 0 Å². The third kappa shape index (κ3) is 4.68. The Balaban J connectivity index is 1.31. The lowest BCUT2D eigenvalue weighted by molar-refractivity contribution is -0.111. The number of ether oxygens (including phenoxy) is 2. The van der Waals surface area contributed by atoms with Gasteiger partial charge in [0, 0.05) is 11.8 Å². The van der Waals surface area contributed by atoms with Crippen molar-refractivity contribution in [2.45, 2.75) is 10.1 Å². The summed E-state index contributed by atoms with van der Waals surface area (Å²) in [4.78, 5) is 12.1. The number of nitrogens with one attached hydrogen (secondary N) is 1. The van der Waals surface area contributed by atoms with Gasteiger partial charge in [0.2, 0.25) is 17.8 Å². The Morgan fingerprint density at radius 3 is 3.00 bits per heavy atom. The molecule has 0 spiro atoms. The molecule has 0 atom stereocenters. The van der Waals surface area contributed by atoms with Crippen molar-refractivity contribution in [1.82, 2.24) is 10.2 Å². The average Bonchev–Trinajstić information content (AvgIpc) is 3.33. The molecule has 0 saturated heterocycles. The van der Waals surface area contributed by atoms with Gasteiger partial charge in [-0.3, -0.25) is 10.1 Å². The van der Waals surface area contributed by atoms with E-state index in [0.717, 1.165) is 11.1 Å². The smallest absolute Gasteiger partial charge is 0.250 e. The van der Waals surface area contributed by atoms with Gasteiger partial charge in [0.25, 0.3) is 0 Å². The zero-order valence-electron chi connectivity index (χ0n) is 14.4. The Labute approximate surface area is 168 Å². The summed E-state index contributed by atoms with van der Waals surface area (Å²) in [6, 6.07) is 11.8. The van der Waals surface area contributed by atoms with Gasteiger partial charge in [-0.1, -0.05) is 41.3 Å². The van der Waals surface area contributed by atoms with Crippen LogP contribution in [0, 0.1) is 5.82 Å². The molecule has 1 aromatic heterocycles. The normalized spacial score (nSPS) is 12.5. The molecule has 2 heterocycles. The van der Waals surface area contributed by atoms with Crippen molar-refractivity contribution in [3.05, 3.63) is 65.5 Å². The molecule has 0 aliphatic carbocycles. The van der Waals surface area contributed by atoms with Gasteiger partial charge in [-0.15, -0.1) is 10.2 Å². The van der Waals surface area contributed by atoms with E-state index in [1.807, 2.05) is 12.1 Å². The number of anilines is 1. The van der Waals surface area contributed by atoms with Gasteiger partial charge in [0.05, 0.1) is 0 Å². The predicted molar refractivity (Wildman–Crippen MR) is 106 cm³/mol. The maximum absolute atomic E-state index is 13.2. The highest BCUT2D eigenvalue weighted by atomic mass is 32.2. The Morgan fingerprint density at radius 2 is 2.11 bits per heavy atom. The quantitative estimate of drug-likeness (QED) is 0.367. The molecule has 1 aliphatic rings. The highest BCUT2D eigenvalue weighted by Crippen LogP contribution is 2.33. The molecule has 0 unspecified atom stereocenters. The van der Waals surface area contributed by atoms with Crippen molar-refractivity contribution in [3.63, 3.8) is 0 Å². The number of halogens is 1. The van der Waals surface area contributed by atoms with Gasteiger partial charge in [-0.25, -0.2) is 4.39 Å². The number of aromatic nitrogens is 2. The number of thioether (sulfide) groups is 1. The lowest BCUT2D eigenvalue weighted by Gasteiger charge is -1.98. The molecule has 142 valence electrons. The molecule has 3 aromatic rings. The Bertz CT molecular complexity index is 1040. The zero-order chi connectivity index (χ0) is 19.3. The van der Waals surface area contributed by atoms with Crippen molar-refractivity contribution in [2.24, 2.45) is 0 Å². The molecule has 2 aromatic carbocycles. The first-order chi connectivity index (χ1) is 13.7. The second-order valence-corrected chi connectivity index (χ2v) is 7.93. The average molecular weight is 415 g/mol. The van der Waals surface area contributed by atoms with Gasteiger partial charge < -0.3 is 9.47 Å². The summed E-state index contributed by atoms with van der Waals surface area (Å²) in [5.74, 6) is 1.35. The summed E-state index contributed by atoms with van der Waals surface area (Å²) in [5.41, 5.74) is 1.68. The van der Waals surface area contributed by atoms with Crippen LogP contribution in [0.1, 0.15) is 11.1 Å². The molecule has 1 N–H and O–H groups in total. The van der Waals surface area contributed by atoms with E-state index < -0.39 is 0 Å². The third-order valence-corrected chi connectivity index (χ3v) is 5.75. The van der Waals surface area contributed by atoms with Crippen LogP contribution < -0.4 is 14.8 Å². The highest BCUT2D eigenvalue weighted by Gasteiger charge is 2.12. The second kappa shape index (κ2) is 8.41. The van der Waals surface area contributed by atoms with E-state index in [-0.39, 0.29) is 18.5 Å². The molecule has 0 fully saturated rings. The number of carbonyl (C=O) groups excluding carboxylic acids is 1. The van der Waals surface area contributed by atoms with Crippen molar-refractivity contribution >= 4 is 40.2 Å². The van der Waals surface area contributed by atoms with Gasteiger partial charge >= 0.3 is 0 Å². The van der Waals surface area contributed by atoms with Gasteiger partial charge in [-0.2, -0.15) is 0 Å². The molecule has 0 saturated carbocycles. The number of rotatable bonds is 6. The second-order valence-electron chi connectivity index (χ2n) is 5.73. The molecular weight excluding hydrogens is 401 g/mol. The largest absolute Gasteiger partial charge is 0.454 e. The number of fused-ring (bicyclic) bond motifs is 1. The minimum absolute atomic E-state index is 0.208. The first-order valence-corrected chi connectivity index (χ1v) is 10.1. The van der Waals surface area contributed by atoms with Crippen LogP contribution >= 0.6 is 23.1 Å². The fraction of sp³-hybridized carbons (Fsp3) is 0.105. The molecule has 4 rings (SSSR count). The molecule has 0 radical (unpaired) electrons. The van der Waals surface area contributed by atoms with Gasteiger partial charge in [-0.05, 0) is 41.5 Å². The van der Waals surface area contributed by atoms with E-state index in [1.165, 1.54) is 41.3 Å². The van der Waals surface area contributed by atoms with Gasteiger partial charge in [0.15, 0.2) is 15.8 Å². The Hall–Kier alpha value is -2.91. The van der Waals surface area contributed by atoms with Crippen molar-refractivity contribution in [1.29, 1.82) is 0 Å². The van der Waals surface area contributed by atoms with Crippen molar-refractivity contribution in [2.75, 3.05) is 12.1 Å². The predicted octanol–water partition coefficient (Wildman–Crippen LogP) is 4.35. The first-order valence-electron chi connectivity index (χ1n) is 8.25. The van der Waals surface area contributed by atoms with E-state index in [2.05, 4.69) is 15.5 Å². The fourth-order valence-corrected chi connectivity index (χ4v) is 4.12. The van der Waals surface area contributed by atoms with E-state index in [9.17, 15) is 9.18 Å².